The van der Waals surface area contributed by atoms with E-state index in [-0.39, 0.29) is 5.82 Å². The number of halogens is 1. The first-order chi connectivity index (χ1) is 6.24. The van der Waals surface area contributed by atoms with Gasteiger partial charge >= 0.3 is 0 Å². The second kappa shape index (κ2) is 4.94. The Morgan fingerprint density at radius 1 is 1.46 bits per heavy atom. The molecule has 0 heterocycles. The van der Waals surface area contributed by atoms with Crippen LogP contribution in [0, 0.1) is 12.7 Å². The van der Waals surface area contributed by atoms with Gasteiger partial charge < -0.3 is 11.1 Å². The van der Waals surface area contributed by atoms with Crippen LogP contribution in [0.5, 0.6) is 0 Å². The molecule has 1 aromatic carbocycles. The first-order valence-electron chi connectivity index (χ1n) is 4.40. The molecule has 0 unspecified atom stereocenters. The van der Waals surface area contributed by atoms with E-state index in [1.54, 1.807) is 13.0 Å². The van der Waals surface area contributed by atoms with Crippen LogP contribution in [-0.2, 0) is 6.54 Å². The van der Waals surface area contributed by atoms with Gasteiger partial charge in [0.1, 0.15) is 5.82 Å². The van der Waals surface area contributed by atoms with Crippen LogP contribution in [0.3, 0.4) is 0 Å². The number of aryl methyl sites for hydroxylation is 1. The smallest absolute Gasteiger partial charge is 0.126 e. The van der Waals surface area contributed by atoms with E-state index >= 15 is 0 Å². The SMILES string of the molecule is Cc1cc(CNCCN)ccc1F. The van der Waals surface area contributed by atoms with Gasteiger partial charge in [-0.1, -0.05) is 12.1 Å². The summed E-state index contributed by atoms with van der Waals surface area (Å²) in [6, 6.07) is 5.12. The summed E-state index contributed by atoms with van der Waals surface area (Å²) in [5.41, 5.74) is 7.10. The molecule has 2 nitrogen and oxygen atoms in total. The molecule has 3 heteroatoms. The monoisotopic (exact) mass is 182 g/mol. The molecule has 0 radical (unpaired) electrons. The van der Waals surface area contributed by atoms with E-state index < -0.39 is 0 Å². The molecule has 0 saturated heterocycles. The number of rotatable bonds is 4. The Kier molecular flexibility index (Phi) is 3.86. The Labute approximate surface area is 77.9 Å². The number of benzene rings is 1. The van der Waals surface area contributed by atoms with E-state index in [0.717, 1.165) is 18.7 Å². The number of hydrogen-bond donors (Lipinski definition) is 2. The topological polar surface area (TPSA) is 38.0 Å². The molecule has 13 heavy (non-hydrogen) atoms. The highest BCUT2D eigenvalue weighted by Gasteiger charge is 1.97. The highest BCUT2D eigenvalue weighted by molar-refractivity contribution is 5.23. The van der Waals surface area contributed by atoms with Crippen molar-refractivity contribution in [3.63, 3.8) is 0 Å². The third kappa shape index (κ3) is 3.13. The Bertz CT molecular complexity index is 274. The number of nitrogens with two attached hydrogens (primary N) is 1. The molecule has 1 aromatic rings. The predicted octanol–water partition coefficient (Wildman–Crippen LogP) is 1.18. The van der Waals surface area contributed by atoms with Crippen molar-refractivity contribution in [2.45, 2.75) is 13.5 Å². The first kappa shape index (κ1) is 10.2. The molecule has 0 aromatic heterocycles. The van der Waals surface area contributed by atoms with Crippen LogP contribution in [0.15, 0.2) is 18.2 Å². The molecular weight excluding hydrogens is 167 g/mol. The van der Waals surface area contributed by atoms with Gasteiger partial charge in [0.2, 0.25) is 0 Å². The lowest BCUT2D eigenvalue weighted by Crippen LogP contribution is -2.21. The first-order valence-corrected chi connectivity index (χ1v) is 4.40. The van der Waals surface area contributed by atoms with Crippen molar-refractivity contribution in [1.29, 1.82) is 0 Å². The minimum Gasteiger partial charge on any atom is -0.329 e. The predicted molar refractivity (Wildman–Crippen MR) is 51.9 cm³/mol. The third-order valence-electron chi connectivity index (χ3n) is 1.87. The highest BCUT2D eigenvalue weighted by Crippen LogP contribution is 2.08. The van der Waals surface area contributed by atoms with E-state index in [9.17, 15) is 4.39 Å². The molecule has 72 valence electrons. The molecule has 3 N–H and O–H groups in total. The van der Waals surface area contributed by atoms with Crippen molar-refractivity contribution < 1.29 is 4.39 Å². The van der Waals surface area contributed by atoms with Crippen molar-refractivity contribution in [3.8, 4) is 0 Å². The molecule has 0 atom stereocenters. The van der Waals surface area contributed by atoms with E-state index in [4.69, 9.17) is 5.73 Å². The van der Waals surface area contributed by atoms with Crippen molar-refractivity contribution >= 4 is 0 Å². The Morgan fingerprint density at radius 2 is 2.23 bits per heavy atom. The van der Waals surface area contributed by atoms with Crippen molar-refractivity contribution in [2.75, 3.05) is 13.1 Å². The highest BCUT2D eigenvalue weighted by atomic mass is 19.1. The molecule has 0 aliphatic heterocycles. The fourth-order valence-corrected chi connectivity index (χ4v) is 1.15. The Hall–Kier alpha value is -0.930. The third-order valence-corrected chi connectivity index (χ3v) is 1.87. The maximum absolute atomic E-state index is 12.8. The van der Waals surface area contributed by atoms with Crippen molar-refractivity contribution in [2.24, 2.45) is 5.73 Å². The fourth-order valence-electron chi connectivity index (χ4n) is 1.15. The molecule has 0 aliphatic rings. The molecule has 0 saturated carbocycles. The van der Waals surface area contributed by atoms with Crippen molar-refractivity contribution in [3.05, 3.63) is 35.1 Å². The van der Waals surface area contributed by atoms with E-state index in [1.165, 1.54) is 6.07 Å². The minimum absolute atomic E-state index is 0.150. The minimum atomic E-state index is -0.150. The summed E-state index contributed by atoms with van der Waals surface area (Å²) in [5, 5.41) is 3.15. The van der Waals surface area contributed by atoms with Crippen molar-refractivity contribution in [1.82, 2.24) is 5.32 Å². The second-order valence-corrected chi connectivity index (χ2v) is 3.05. The molecule has 0 spiro atoms. The van der Waals surface area contributed by atoms with Gasteiger partial charge in [0.25, 0.3) is 0 Å². The molecular formula is C10H15FN2. The molecule has 1 rings (SSSR count). The summed E-state index contributed by atoms with van der Waals surface area (Å²) < 4.78 is 12.8. The Balaban J connectivity index is 2.53. The van der Waals surface area contributed by atoms with Gasteiger partial charge in [-0.2, -0.15) is 0 Å². The quantitative estimate of drug-likeness (QED) is 0.686. The summed E-state index contributed by atoms with van der Waals surface area (Å²) in [4.78, 5) is 0. The largest absolute Gasteiger partial charge is 0.329 e. The zero-order valence-corrected chi connectivity index (χ0v) is 7.81. The lowest BCUT2D eigenvalue weighted by Gasteiger charge is -2.04. The van der Waals surface area contributed by atoms with E-state index in [2.05, 4.69) is 5.32 Å². The second-order valence-electron chi connectivity index (χ2n) is 3.05. The number of nitrogens with one attached hydrogen (secondary N) is 1. The van der Waals surface area contributed by atoms with E-state index in [0.29, 0.717) is 12.1 Å². The summed E-state index contributed by atoms with van der Waals surface area (Å²) >= 11 is 0. The van der Waals surface area contributed by atoms with Gasteiger partial charge in [0, 0.05) is 19.6 Å². The average molecular weight is 182 g/mol. The Morgan fingerprint density at radius 3 is 2.85 bits per heavy atom. The average Bonchev–Trinajstić information content (AvgIpc) is 2.12. The maximum Gasteiger partial charge on any atom is 0.126 e. The number of hydrogen-bond acceptors (Lipinski definition) is 2. The fraction of sp³-hybridized carbons (Fsp3) is 0.400. The zero-order chi connectivity index (χ0) is 9.68. The van der Waals surface area contributed by atoms with Crippen LogP contribution >= 0.6 is 0 Å². The lowest BCUT2D eigenvalue weighted by molar-refractivity contribution is 0.615. The standard InChI is InChI=1S/C10H15FN2/c1-8-6-9(2-3-10(8)11)7-13-5-4-12/h2-3,6,13H,4-5,7,12H2,1H3. The summed E-state index contributed by atoms with van der Waals surface area (Å²) in [7, 11) is 0. The van der Waals surface area contributed by atoms with Crippen LogP contribution in [-0.4, -0.2) is 13.1 Å². The van der Waals surface area contributed by atoms with Gasteiger partial charge in [-0.3, -0.25) is 0 Å². The van der Waals surface area contributed by atoms with Gasteiger partial charge in [0.05, 0.1) is 0 Å². The summed E-state index contributed by atoms with van der Waals surface area (Å²) in [6.45, 7) is 3.93. The van der Waals surface area contributed by atoms with Gasteiger partial charge in [0.15, 0.2) is 0 Å². The maximum atomic E-state index is 12.8. The van der Waals surface area contributed by atoms with Gasteiger partial charge in [-0.25, -0.2) is 4.39 Å². The normalized spacial score (nSPS) is 10.4. The zero-order valence-electron chi connectivity index (χ0n) is 7.81. The summed E-state index contributed by atoms with van der Waals surface area (Å²) in [5.74, 6) is -0.150. The molecule has 0 aliphatic carbocycles. The molecule has 0 bridgehead atoms. The molecule has 0 amide bonds. The van der Waals surface area contributed by atoms with Gasteiger partial charge in [-0.05, 0) is 24.1 Å². The van der Waals surface area contributed by atoms with Crippen LogP contribution in [0.25, 0.3) is 0 Å². The van der Waals surface area contributed by atoms with Crippen LogP contribution in [0.4, 0.5) is 4.39 Å². The van der Waals surface area contributed by atoms with Gasteiger partial charge in [-0.15, -0.1) is 0 Å². The van der Waals surface area contributed by atoms with Crippen LogP contribution in [0.2, 0.25) is 0 Å². The van der Waals surface area contributed by atoms with Crippen LogP contribution < -0.4 is 11.1 Å². The molecule has 0 fully saturated rings. The lowest BCUT2D eigenvalue weighted by atomic mass is 10.1. The summed E-state index contributed by atoms with van der Waals surface area (Å²) in [6.07, 6.45) is 0. The van der Waals surface area contributed by atoms with E-state index in [1.807, 2.05) is 6.07 Å². The van der Waals surface area contributed by atoms with Crippen LogP contribution in [0.1, 0.15) is 11.1 Å².